The molecule has 0 bridgehead atoms. The molecule has 1 aliphatic rings. The number of thiophene rings is 1. The van der Waals surface area contributed by atoms with Crippen molar-refractivity contribution in [2.24, 2.45) is 0 Å². The Kier molecular flexibility index (Phi) is 7.89. The Morgan fingerprint density at radius 1 is 0.881 bits per heavy atom. The van der Waals surface area contributed by atoms with E-state index in [0.717, 1.165) is 34.1 Å². The first-order valence-corrected chi connectivity index (χ1v) is 14.6. The van der Waals surface area contributed by atoms with E-state index < -0.39 is 0 Å². The second kappa shape index (κ2) is 11.8. The summed E-state index contributed by atoms with van der Waals surface area (Å²) in [6.45, 7) is 6.51. The number of rotatable bonds is 6. The van der Waals surface area contributed by atoms with Gasteiger partial charge in [0.05, 0.1) is 0 Å². The maximum Gasteiger partial charge on any atom is 0.126 e. The third-order valence-corrected chi connectivity index (χ3v) is 8.60. The van der Waals surface area contributed by atoms with Crippen LogP contribution < -0.4 is 9.80 Å². The van der Waals surface area contributed by atoms with Crippen molar-refractivity contribution in [3.63, 3.8) is 0 Å². The molecule has 0 spiro atoms. The van der Waals surface area contributed by atoms with E-state index in [1.54, 1.807) is 0 Å². The van der Waals surface area contributed by atoms with Crippen molar-refractivity contribution in [3.8, 4) is 11.3 Å². The average molecular weight is 745 g/mol. The fourth-order valence-electron chi connectivity index (χ4n) is 5.28. The molecule has 0 aliphatic carbocycles. The third kappa shape index (κ3) is 5.24. The van der Waals surface area contributed by atoms with Crippen molar-refractivity contribution in [2.45, 2.75) is 19.8 Å². The van der Waals surface area contributed by atoms with Crippen molar-refractivity contribution in [1.82, 2.24) is 9.88 Å². The molecule has 3 heterocycles. The van der Waals surface area contributed by atoms with E-state index in [9.17, 15) is 0 Å². The molecule has 0 saturated carbocycles. The summed E-state index contributed by atoms with van der Waals surface area (Å²) in [5, 5.41) is 2.53. The predicted molar refractivity (Wildman–Crippen MR) is 173 cm³/mol. The molecule has 4 aromatic carbocycles. The van der Waals surface area contributed by atoms with Gasteiger partial charge in [-0.05, 0) is 71.0 Å². The Hall–Kier alpha value is -3.92. The van der Waals surface area contributed by atoms with Gasteiger partial charge in [0.15, 0.2) is 0 Å². The molecule has 2 aromatic heterocycles. The minimum atomic E-state index is 0. The minimum absolute atomic E-state index is 0. The van der Waals surface area contributed by atoms with E-state index in [2.05, 4.69) is 121 Å². The number of nitrogens with zero attached hydrogens (tertiary/aromatic N) is 4. The number of anilines is 4. The van der Waals surface area contributed by atoms with Gasteiger partial charge in [-0.2, -0.15) is 24.1 Å². The van der Waals surface area contributed by atoms with Crippen LogP contribution in [0, 0.1) is 18.8 Å². The van der Waals surface area contributed by atoms with Crippen molar-refractivity contribution < 1.29 is 21.1 Å². The summed E-state index contributed by atoms with van der Waals surface area (Å²) >= 11 is 1.81. The van der Waals surface area contributed by atoms with Crippen LogP contribution in [0.4, 0.5) is 22.9 Å². The number of benzene rings is 4. The smallest absolute Gasteiger partial charge is 0.126 e. The fraction of sp³-hybridized carbons (Fsp3) is 0.111. The van der Waals surface area contributed by atoms with E-state index in [1.165, 1.54) is 25.7 Å². The molecule has 0 atom stereocenters. The van der Waals surface area contributed by atoms with Crippen LogP contribution in [0.2, 0.25) is 0 Å². The summed E-state index contributed by atoms with van der Waals surface area (Å²) in [4.78, 5) is 11.6. The van der Waals surface area contributed by atoms with Gasteiger partial charge in [0.25, 0.3) is 0 Å². The fourth-order valence-corrected chi connectivity index (χ4v) is 6.49. The van der Waals surface area contributed by atoms with E-state index in [-0.39, 0.29) is 21.1 Å². The Morgan fingerprint density at radius 2 is 1.69 bits per heavy atom. The quantitative estimate of drug-likeness (QED) is 0.159. The maximum atomic E-state index is 5.34. The Bertz CT molecular complexity index is 1900. The molecule has 1 aliphatic heterocycles. The summed E-state index contributed by atoms with van der Waals surface area (Å²) in [6, 6.07) is 41.1. The average Bonchev–Trinajstić information content (AvgIpc) is 3.61. The van der Waals surface area contributed by atoms with Crippen LogP contribution in [0.1, 0.15) is 25.3 Å². The zero-order valence-electron chi connectivity index (χ0n) is 23.6. The van der Waals surface area contributed by atoms with E-state index in [0.29, 0.717) is 5.92 Å². The summed E-state index contributed by atoms with van der Waals surface area (Å²) in [5.41, 5.74) is 6.12. The van der Waals surface area contributed by atoms with Crippen LogP contribution in [-0.2, 0) is 21.1 Å². The number of pyridine rings is 1. The molecular weight excluding hydrogens is 716 g/mol. The van der Waals surface area contributed by atoms with Gasteiger partial charge in [0.2, 0.25) is 0 Å². The maximum absolute atomic E-state index is 5.34. The first-order chi connectivity index (χ1) is 20.0. The zero-order valence-corrected chi connectivity index (χ0v) is 26.6. The van der Waals surface area contributed by atoms with Crippen molar-refractivity contribution >= 4 is 54.4 Å². The van der Waals surface area contributed by atoms with Crippen molar-refractivity contribution in [1.29, 1.82) is 0 Å². The van der Waals surface area contributed by atoms with Gasteiger partial charge in [-0.3, -0.25) is 4.98 Å². The van der Waals surface area contributed by atoms with Gasteiger partial charge < -0.3 is 14.7 Å². The minimum Gasteiger partial charge on any atom is -0.510 e. The molecule has 6 heteroatoms. The van der Waals surface area contributed by atoms with Gasteiger partial charge in [-0.25, -0.2) is 0 Å². The van der Waals surface area contributed by atoms with Gasteiger partial charge >= 0.3 is 0 Å². The molecule has 0 amide bonds. The Labute approximate surface area is 265 Å². The number of aromatic nitrogens is 1. The SMILES string of the molecule is CC(C)c1cc(-c2[c-]ccc3c2sc2ccccc23)nc(N(c2[c-]c(N3C=CN(C)[CH-]3)ccc2)c2ccccc2)c1.[Pt]. The molecule has 42 heavy (non-hydrogen) atoms. The molecule has 4 nitrogen and oxygen atoms in total. The normalized spacial score (nSPS) is 12.9. The molecule has 0 radical (unpaired) electrons. The predicted octanol–water partition coefficient (Wildman–Crippen LogP) is 9.65. The van der Waals surface area contributed by atoms with Crippen LogP contribution >= 0.6 is 11.3 Å². The van der Waals surface area contributed by atoms with Gasteiger partial charge in [0.1, 0.15) is 5.82 Å². The van der Waals surface area contributed by atoms with E-state index in [4.69, 9.17) is 4.98 Å². The largest absolute Gasteiger partial charge is 0.510 e. The van der Waals surface area contributed by atoms with Crippen molar-refractivity contribution in [3.05, 3.63) is 134 Å². The molecule has 0 N–H and O–H groups in total. The van der Waals surface area contributed by atoms with Crippen LogP contribution in [0.3, 0.4) is 0 Å². The van der Waals surface area contributed by atoms with Gasteiger partial charge in [-0.1, -0.05) is 67.4 Å². The zero-order chi connectivity index (χ0) is 27.9. The molecule has 212 valence electrons. The second-order valence-corrected chi connectivity index (χ2v) is 11.6. The summed E-state index contributed by atoms with van der Waals surface area (Å²) < 4.78 is 2.49. The van der Waals surface area contributed by atoms with Gasteiger partial charge in [0, 0.05) is 31.5 Å². The van der Waals surface area contributed by atoms with E-state index >= 15 is 0 Å². The number of hydrogen-bond donors (Lipinski definition) is 0. The molecular formula is C36H29N4PtS-3. The Balaban J connectivity index is 0.00000316. The van der Waals surface area contributed by atoms with Crippen LogP contribution in [-0.4, -0.2) is 16.9 Å². The monoisotopic (exact) mass is 744 g/mol. The molecule has 0 unspecified atom stereocenters. The van der Waals surface area contributed by atoms with Crippen LogP contribution in [0.25, 0.3) is 31.4 Å². The van der Waals surface area contributed by atoms with E-state index in [1.807, 2.05) is 54.5 Å². The molecule has 0 fully saturated rings. The second-order valence-electron chi connectivity index (χ2n) is 10.6. The molecule has 6 aromatic rings. The topological polar surface area (TPSA) is 22.6 Å². The van der Waals surface area contributed by atoms with Gasteiger partial charge in [-0.15, -0.1) is 47.6 Å². The number of fused-ring (bicyclic) bond motifs is 3. The molecule has 0 saturated heterocycles. The van der Waals surface area contributed by atoms with Crippen molar-refractivity contribution in [2.75, 3.05) is 16.8 Å². The molecule has 7 rings (SSSR count). The summed E-state index contributed by atoms with van der Waals surface area (Å²) in [5.74, 6) is 1.18. The van der Waals surface area contributed by atoms with Crippen LogP contribution in [0.5, 0.6) is 0 Å². The first-order valence-electron chi connectivity index (χ1n) is 13.8. The third-order valence-electron chi connectivity index (χ3n) is 7.39. The summed E-state index contributed by atoms with van der Waals surface area (Å²) in [7, 11) is 2.02. The number of para-hydroxylation sites is 1. The first kappa shape index (κ1) is 28.2. The standard InChI is InChI=1S/C36H29N4S.Pt/c1-25(2)26-21-33(32-17-10-16-31-30-15-7-8-18-34(30)41-36(31)32)37-35(22-26)40(27-11-5-4-6-12-27)29-14-9-13-28(23-29)39-20-19-38(3)24-39;/h4-16,18-22,24-25H,1-3H3;/q-3;. The summed E-state index contributed by atoms with van der Waals surface area (Å²) in [6.07, 6.45) is 4.07. The Morgan fingerprint density at radius 3 is 2.48 bits per heavy atom. The number of hydrogen-bond acceptors (Lipinski definition) is 5. The van der Waals surface area contributed by atoms with Crippen LogP contribution in [0.15, 0.2) is 109 Å².